The first-order chi connectivity index (χ1) is 7.77. The van der Waals surface area contributed by atoms with Crippen LogP contribution in [0.1, 0.15) is 16.1 Å². The van der Waals surface area contributed by atoms with Crippen LogP contribution in [0.2, 0.25) is 0 Å². The van der Waals surface area contributed by atoms with Gasteiger partial charge in [-0.05, 0) is 12.0 Å². The lowest BCUT2D eigenvalue weighted by Gasteiger charge is -2.08. The van der Waals surface area contributed by atoms with Gasteiger partial charge < -0.3 is 5.73 Å². The summed E-state index contributed by atoms with van der Waals surface area (Å²) in [6, 6.07) is 9.24. The first-order valence-corrected chi connectivity index (χ1v) is 5.93. The number of hydrogen-bond acceptors (Lipinski definition) is 4. The minimum Gasteiger partial charge on any atom is -0.321 e. The van der Waals surface area contributed by atoms with Crippen LogP contribution in [0.25, 0.3) is 0 Å². The van der Waals surface area contributed by atoms with Crippen molar-refractivity contribution in [1.82, 2.24) is 4.98 Å². The van der Waals surface area contributed by atoms with Crippen molar-refractivity contribution in [3.63, 3.8) is 0 Å². The van der Waals surface area contributed by atoms with Gasteiger partial charge in [0.05, 0.1) is 11.6 Å². The molecule has 1 heterocycles. The summed E-state index contributed by atoms with van der Waals surface area (Å²) in [7, 11) is 0. The minimum absolute atomic E-state index is 0.0925. The summed E-state index contributed by atoms with van der Waals surface area (Å²) in [5.74, 6) is -0.0925. The molecular weight excluding hydrogens is 220 g/mol. The van der Waals surface area contributed by atoms with E-state index in [4.69, 9.17) is 5.73 Å². The van der Waals surface area contributed by atoms with Crippen molar-refractivity contribution in [1.29, 1.82) is 0 Å². The highest BCUT2D eigenvalue weighted by atomic mass is 32.1. The Morgan fingerprint density at radius 3 is 2.75 bits per heavy atom. The molecule has 0 fully saturated rings. The van der Waals surface area contributed by atoms with Crippen LogP contribution in [-0.2, 0) is 6.42 Å². The van der Waals surface area contributed by atoms with E-state index in [1.807, 2.05) is 30.3 Å². The first kappa shape index (κ1) is 11.0. The lowest BCUT2D eigenvalue weighted by atomic mass is 10.0. The predicted molar refractivity (Wildman–Crippen MR) is 64.6 cm³/mol. The molecule has 82 valence electrons. The summed E-state index contributed by atoms with van der Waals surface area (Å²) in [6.07, 6.45) is 0.553. The van der Waals surface area contributed by atoms with Gasteiger partial charge in [-0.1, -0.05) is 30.3 Å². The molecule has 1 aromatic heterocycles. The van der Waals surface area contributed by atoms with Crippen LogP contribution in [0.5, 0.6) is 0 Å². The second kappa shape index (κ2) is 5.01. The van der Waals surface area contributed by atoms with Gasteiger partial charge >= 0.3 is 0 Å². The summed E-state index contributed by atoms with van der Waals surface area (Å²) >= 11 is 1.40. The highest BCUT2D eigenvalue weighted by molar-refractivity contribution is 7.07. The average Bonchev–Trinajstić information content (AvgIpc) is 2.83. The Hall–Kier alpha value is -1.52. The third-order valence-corrected chi connectivity index (χ3v) is 2.91. The molecule has 0 bridgehead atoms. The Kier molecular flexibility index (Phi) is 3.44. The average molecular weight is 232 g/mol. The molecule has 0 aliphatic heterocycles. The Morgan fingerprint density at radius 2 is 2.12 bits per heavy atom. The van der Waals surface area contributed by atoms with E-state index >= 15 is 0 Å². The summed E-state index contributed by atoms with van der Waals surface area (Å²) in [6.45, 7) is 0. The van der Waals surface area contributed by atoms with Crippen molar-refractivity contribution in [2.45, 2.75) is 12.5 Å². The SMILES string of the molecule is NC(Cc1ccccc1)C(=O)c1cscn1. The molecular formula is C12H12N2OS. The predicted octanol–water partition coefficient (Wildman–Crippen LogP) is 1.90. The number of hydrogen-bond donors (Lipinski definition) is 1. The number of thiazole rings is 1. The molecule has 2 rings (SSSR count). The smallest absolute Gasteiger partial charge is 0.198 e. The number of carbonyl (C=O) groups is 1. The summed E-state index contributed by atoms with van der Waals surface area (Å²) in [4.78, 5) is 15.8. The lowest BCUT2D eigenvalue weighted by Crippen LogP contribution is -2.32. The molecule has 0 aliphatic rings. The van der Waals surface area contributed by atoms with Gasteiger partial charge in [0, 0.05) is 5.38 Å². The molecule has 2 aromatic rings. The molecule has 1 aromatic carbocycles. The molecule has 2 N–H and O–H groups in total. The lowest BCUT2D eigenvalue weighted by molar-refractivity contribution is 0.0956. The number of benzene rings is 1. The van der Waals surface area contributed by atoms with Gasteiger partial charge in [0.25, 0.3) is 0 Å². The largest absolute Gasteiger partial charge is 0.321 e. The van der Waals surface area contributed by atoms with Crippen molar-refractivity contribution in [3.8, 4) is 0 Å². The van der Waals surface area contributed by atoms with E-state index in [1.54, 1.807) is 10.9 Å². The molecule has 4 heteroatoms. The van der Waals surface area contributed by atoms with E-state index in [1.165, 1.54) is 11.3 Å². The molecule has 0 aliphatic carbocycles. The van der Waals surface area contributed by atoms with E-state index in [-0.39, 0.29) is 5.78 Å². The molecule has 1 atom stereocenters. The maximum absolute atomic E-state index is 11.8. The monoisotopic (exact) mass is 232 g/mol. The zero-order chi connectivity index (χ0) is 11.4. The number of Topliss-reactive ketones (excluding diaryl/α,β-unsaturated/α-hetero) is 1. The van der Waals surface area contributed by atoms with E-state index < -0.39 is 6.04 Å². The fourth-order valence-corrected chi connectivity index (χ4v) is 2.03. The van der Waals surface area contributed by atoms with Crippen LogP contribution in [0, 0.1) is 0 Å². The van der Waals surface area contributed by atoms with Gasteiger partial charge in [-0.25, -0.2) is 4.98 Å². The van der Waals surface area contributed by atoms with Crippen LogP contribution in [-0.4, -0.2) is 16.8 Å². The number of nitrogens with two attached hydrogens (primary N) is 1. The highest BCUT2D eigenvalue weighted by Gasteiger charge is 2.17. The topological polar surface area (TPSA) is 56.0 Å². The fraction of sp³-hybridized carbons (Fsp3) is 0.167. The number of nitrogens with zero attached hydrogens (tertiary/aromatic N) is 1. The zero-order valence-electron chi connectivity index (χ0n) is 8.67. The molecule has 0 saturated carbocycles. The van der Waals surface area contributed by atoms with Gasteiger partial charge in [-0.3, -0.25) is 4.79 Å². The zero-order valence-corrected chi connectivity index (χ0v) is 9.48. The first-order valence-electron chi connectivity index (χ1n) is 4.99. The summed E-state index contributed by atoms with van der Waals surface area (Å²) in [5.41, 5.74) is 9.03. The standard InChI is InChI=1S/C12H12N2OS/c13-10(6-9-4-2-1-3-5-9)12(15)11-7-16-8-14-11/h1-5,7-8,10H,6,13H2. The fourth-order valence-electron chi connectivity index (χ4n) is 1.48. The maximum Gasteiger partial charge on any atom is 0.198 e. The van der Waals surface area contributed by atoms with E-state index in [9.17, 15) is 4.79 Å². The van der Waals surface area contributed by atoms with Crippen molar-refractivity contribution in [3.05, 3.63) is 52.5 Å². The second-order valence-corrected chi connectivity index (χ2v) is 4.25. The van der Waals surface area contributed by atoms with Crippen LogP contribution in [0.15, 0.2) is 41.2 Å². The minimum atomic E-state index is -0.510. The third-order valence-electron chi connectivity index (χ3n) is 2.32. The number of rotatable bonds is 4. The highest BCUT2D eigenvalue weighted by Crippen LogP contribution is 2.08. The summed E-state index contributed by atoms with van der Waals surface area (Å²) < 4.78 is 0. The number of aromatic nitrogens is 1. The van der Waals surface area contributed by atoms with E-state index in [0.29, 0.717) is 12.1 Å². The van der Waals surface area contributed by atoms with Gasteiger partial charge in [0.2, 0.25) is 0 Å². The molecule has 0 spiro atoms. The molecule has 16 heavy (non-hydrogen) atoms. The van der Waals surface area contributed by atoms with Gasteiger partial charge in [-0.15, -0.1) is 11.3 Å². The Labute approximate surface area is 97.9 Å². The quantitative estimate of drug-likeness (QED) is 0.819. The second-order valence-electron chi connectivity index (χ2n) is 3.53. The van der Waals surface area contributed by atoms with Crippen molar-refractivity contribution in [2.24, 2.45) is 5.73 Å². The normalized spacial score (nSPS) is 12.3. The summed E-state index contributed by atoms with van der Waals surface area (Å²) in [5, 5.41) is 1.73. The van der Waals surface area contributed by atoms with E-state index in [0.717, 1.165) is 5.56 Å². The molecule has 0 amide bonds. The van der Waals surface area contributed by atoms with Crippen LogP contribution < -0.4 is 5.73 Å². The molecule has 0 saturated heterocycles. The Bertz CT molecular complexity index is 453. The van der Waals surface area contributed by atoms with Crippen LogP contribution in [0.3, 0.4) is 0 Å². The van der Waals surface area contributed by atoms with Gasteiger partial charge in [-0.2, -0.15) is 0 Å². The third kappa shape index (κ3) is 2.53. The van der Waals surface area contributed by atoms with Crippen LogP contribution in [0.4, 0.5) is 0 Å². The molecule has 0 radical (unpaired) electrons. The Morgan fingerprint density at radius 1 is 1.38 bits per heavy atom. The molecule has 1 unspecified atom stereocenters. The van der Waals surface area contributed by atoms with E-state index in [2.05, 4.69) is 4.98 Å². The van der Waals surface area contributed by atoms with Crippen molar-refractivity contribution >= 4 is 17.1 Å². The maximum atomic E-state index is 11.8. The Balaban J connectivity index is 2.04. The van der Waals surface area contributed by atoms with Crippen molar-refractivity contribution in [2.75, 3.05) is 0 Å². The van der Waals surface area contributed by atoms with Gasteiger partial charge in [0.1, 0.15) is 5.69 Å². The molecule has 3 nitrogen and oxygen atoms in total. The number of ketones is 1. The van der Waals surface area contributed by atoms with Crippen LogP contribution >= 0.6 is 11.3 Å². The van der Waals surface area contributed by atoms with Crippen molar-refractivity contribution < 1.29 is 4.79 Å². The number of carbonyl (C=O) groups excluding carboxylic acids is 1. The van der Waals surface area contributed by atoms with Gasteiger partial charge in [0.15, 0.2) is 5.78 Å².